The maximum atomic E-state index is 15.2. The molecule has 0 amide bonds. The number of aromatic amines is 1. The van der Waals surface area contributed by atoms with Crippen molar-refractivity contribution in [1.82, 2.24) is 14.5 Å². The van der Waals surface area contributed by atoms with E-state index in [1.807, 2.05) is 6.07 Å². The minimum atomic E-state index is -0.631. The predicted octanol–water partition coefficient (Wildman–Crippen LogP) is 4.99. The van der Waals surface area contributed by atoms with E-state index in [0.717, 1.165) is 0 Å². The molecule has 0 aliphatic carbocycles. The standard InChI is InChI=1S/C20H11BrClFN4O2/c21-15-2-1-12(10-27-17-3-4-25-9-16(17)26-20(27)28)18(23)19(15)29-14-6-11(8-24)5-13(22)7-14/h1-7,9H,10H2,(H,26,28). The summed E-state index contributed by atoms with van der Waals surface area (Å²) in [5, 5.41) is 9.37. The molecule has 6 nitrogen and oxygen atoms in total. The summed E-state index contributed by atoms with van der Waals surface area (Å²) in [6.07, 6.45) is 3.09. The van der Waals surface area contributed by atoms with Crippen LogP contribution in [0.5, 0.6) is 11.5 Å². The SMILES string of the molecule is N#Cc1cc(Cl)cc(Oc2c(Br)ccc(Cn3c(=O)[nH]c4cnccc43)c2F)c1. The smallest absolute Gasteiger partial charge is 0.326 e. The Morgan fingerprint density at radius 3 is 2.93 bits per heavy atom. The summed E-state index contributed by atoms with van der Waals surface area (Å²) in [6, 6.07) is 11.3. The van der Waals surface area contributed by atoms with Gasteiger partial charge in [0.05, 0.1) is 39.9 Å². The summed E-state index contributed by atoms with van der Waals surface area (Å²) in [5.41, 5.74) is 1.36. The van der Waals surface area contributed by atoms with Crippen molar-refractivity contribution in [3.05, 3.63) is 85.7 Å². The van der Waals surface area contributed by atoms with Gasteiger partial charge in [0.15, 0.2) is 11.6 Å². The van der Waals surface area contributed by atoms with E-state index in [-0.39, 0.29) is 29.3 Å². The summed E-state index contributed by atoms with van der Waals surface area (Å²) in [7, 11) is 0. The highest BCUT2D eigenvalue weighted by atomic mass is 79.9. The van der Waals surface area contributed by atoms with Crippen LogP contribution >= 0.6 is 27.5 Å². The fraction of sp³-hybridized carbons (Fsp3) is 0.0500. The Kier molecular flexibility index (Phi) is 5.09. The average Bonchev–Trinajstić information content (AvgIpc) is 3.02. The average molecular weight is 474 g/mol. The lowest BCUT2D eigenvalue weighted by molar-refractivity contribution is 0.434. The Labute approximate surface area is 177 Å². The first-order valence-corrected chi connectivity index (χ1v) is 9.51. The largest absolute Gasteiger partial charge is 0.453 e. The summed E-state index contributed by atoms with van der Waals surface area (Å²) in [5.74, 6) is -0.475. The Balaban J connectivity index is 1.74. The van der Waals surface area contributed by atoms with Crippen LogP contribution in [-0.2, 0) is 6.54 Å². The molecule has 9 heteroatoms. The van der Waals surface area contributed by atoms with E-state index in [1.54, 1.807) is 24.4 Å². The van der Waals surface area contributed by atoms with E-state index in [9.17, 15) is 4.79 Å². The van der Waals surface area contributed by atoms with Crippen LogP contribution in [0.2, 0.25) is 5.02 Å². The monoisotopic (exact) mass is 472 g/mol. The topological polar surface area (TPSA) is 83.7 Å². The van der Waals surface area contributed by atoms with E-state index in [1.165, 1.54) is 29.0 Å². The first-order valence-electron chi connectivity index (χ1n) is 8.34. The molecule has 2 heterocycles. The number of hydrogen-bond donors (Lipinski definition) is 1. The molecule has 29 heavy (non-hydrogen) atoms. The molecular formula is C20H11BrClFN4O2. The molecular weight excluding hydrogens is 463 g/mol. The van der Waals surface area contributed by atoms with E-state index >= 15 is 4.39 Å². The zero-order chi connectivity index (χ0) is 20.5. The van der Waals surface area contributed by atoms with Gasteiger partial charge in [-0.05, 0) is 46.3 Å². The lowest BCUT2D eigenvalue weighted by Gasteiger charge is -2.13. The van der Waals surface area contributed by atoms with Gasteiger partial charge in [0.2, 0.25) is 0 Å². The van der Waals surface area contributed by atoms with Crippen molar-refractivity contribution in [3.63, 3.8) is 0 Å². The van der Waals surface area contributed by atoms with Crippen molar-refractivity contribution in [2.45, 2.75) is 6.54 Å². The molecule has 0 atom stereocenters. The van der Waals surface area contributed by atoms with Crippen molar-refractivity contribution < 1.29 is 9.13 Å². The Morgan fingerprint density at radius 1 is 1.31 bits per heavy atom. The van der Waals surface area contributed by atoms with Crippen LogP contribution in [0.4, 0.5) is 4.39 Å². The van der Waals surface area contributed by atoms with Crippen molar-refractivity contribution >= 4 is 38.6 Å². The molecule has 0 bridgehead atoms. The maximum absolute atomic E-state index is 15.2. The number of nitrogens with one attached hydrogen (secondary N) is 1. The van der Waals surface area contributed by atoms with E-state index in [4.69, 9.17) is 21.6 Å². The van der Waals surface area contributed by atoms with Gasteiger partial charge in [-0.15, -0.1) is 0 Å². The zero-order valence-corrected chi connectivity index (χ0v) is 17.0. The number of benzene rings is 2. The molecule has 0 saturated carbocycles. The molecule has 4 rings (SSSR count). The van der Waals surface area contributed by atoms with Gasteiger partial charge in [-0.25, -0.2) is 9.18 Å². The number of hydrogen-bond acceptors (Lipinski definition) is 4. The van der Waals surface area contributed by atoms with Crippen LogP contribution < -0.4 is 10.4 Å². The Morgan fingerprint density at radius 2 is 2.14 bits per heavy atom. The Bertz CT molecular complexity index is 1340. The summed E-state index contributed by atoms with van der Waals surface area (Å²) < 4.78 is 22.7. The predicted molar refractivity (Wildman–Crippen MR) is 110 cm³/mol. The van der Waals surface area contributed by atoms with Gasteiger partial charge in [-0.2, -0.15) is 5.26 Å². The van der Waals surface area contributed by atoms with Crippen LogP contribution in [0, 0.1) is 17.1 Å². The fourth-order valence-corrected chi connectivity index (χ4v) is 3.54. The molecule has 0 spiro atoms. The minimum Gasteiger partial charge on any atom is -0.453 e. The lowest BCUT2D eigenvalue weighted by Crippen LogP contribution is -2.18. The van der Waals surface area contributed by atoms with Crippen LogP contribution in [0.1, 0.15) is 11.1 Å². The van der Waals surface area contributed by atoms with Gasteiger partial charge >= 0.3 is 5.69 Å². The summed E-state index contributed by atoms with van der Waals surface area (Å²) >= 11 is 9.27. The first-order chi connectivity index (χ1) is 14.0. The van der Waals surface area contributed by atoms with E-state index in [2.05, 4.69) is 25.9 Å². The van der Waals surface area contributed by atoms with Gasteiger partial charge in [0.1, 0.15) is 5.75 Å². The molecule has 0 fully saturated rings. The van der Waals surface area contributed by atoms with E-state index in [0.29, 0.717) is 26.1 Å². The number of nitriles is 1. The normalized spacial score (nSPS) is 10.8. The van der Waals surface area contributed by atoms with Crippen molar-refractivity contribution in [3.8, 4) is 17.6 Å². The molecule has 0 radical (unpaired) electrons. The number of pyridine rings is 1. The van der Waals surface area contributed by atoms with Crippen LogP contribution in [0.15, 0.2) is 58.1 Å². The highest BCUT2D eigenvalue weighted by Gasteiger charge is 2.17. The van der Waals surface area contributed by atoms with Crippen molar-refractivity contribution in [1.29, 1.82) is 5.26 Å². The van der Waals surface area contributed by atoms with Gasteiger partial charge < -0.3 is 9.72 Å². The number of H-pyrrole nitrogens is 1. The van der Waals surface area contributed by atoms with Crippen LogP contribution in [0.25, 0.3) is 11.0 Å². The number of imidazole rings is 1. The van der Waals surface area contributed by atoms with Gasteiger partial charge in [0.25, 0.3) is 0 Å². The molecule has 144 valence electrons. The Hall–Kier alpha value is -3.15. The number of halogens is 3. The van der Waals surface area contributed by atoms with Crippen LogP contribution in [-0.4, -0.2) is 14.5 Å². The van der Waals surface area contributed by atoms with Crippen LogP contribution in [0.3, 0.4) is 0 Å². The van der Waals surface area contributed by atoms with Gasteiger partial charge in [-0.3, -0.25) is 9.55 Å². The molecule has 1 N–H and O–H groups in total. The molecule has 2 aromatic heterocycles. The number of nitrogens with zero attached hydrogens (tertiary/aromatic N) is 3. The number of fused-ring (bicyclic) bond motifs is 1. The zero-order valence-electron chi connectivity index (χ0n) is 14.6. The molecule has 0 saturated heterocycles. The highest BCUT2D eigenvalue weighted by molar-refractivity contribution is 9.10. The fourth-order valence-electron chi connectivity index (χ4n) is 2.93. The third kappa shape index (κ3) is 3.75. The first kappa shape index (κ1) is 19.2. The van der Waals surface area contributed by atoms with Crippen molar-refractivity contribution in [2.24, 2.45) is 0 Å². The molecule has 2 aromatic carbocycles. The van der Waals surface area contributed by atoms with Gasteiger partial charge in [0, 0.05) is 16.8 Å². The van der Waals surface area contributed by atoms with Gasteiger partial charge in [-0.1, -0.05) is 17.7 Å². The summed E-state index contributed by atoms with van der Waals surface area (Å²) in [4.78, 5) is 18.9. The highest BCUT2D eigenvalue weighted by Crippen LogP contribution is 2.35. The van der Waals surface area contributed by atoms with Crippen molar-refractivity contribution in [2.75, 3.05) is 0 Å². The molecule has 0 aliphatic rings. The maximum Gasteiger partial charge on any atom is 0.326 e. The second-order valence-corrected chi connectivity index (χ2v) is 7.44. The quantitative estimate of drug-likeness (QED) is 0.452. The van der Waals surface area contributed by atoms with E-state index < -0.39 is 5.82 Å². The number of aromatic nitrogens is 3. The molecule has 4 aromatic rings. The molecule has 0 aliphatic heterocycles. The minimum absolute atomic E-state index is 0.00267. The number of ether oxygens (including phenoxy) is 1. The third-order valence-corrected chi connectivity index (χ3v) is 5.10. The third-order valence-electron chi connectivity index (χ3n) is 4.25. The number of rotatable bonds is 4. The molecule has 0 unspecified atom stereocenters. The second kappa shape index (κ2) is 7.70. The second-order valence-electron chi connectivity index (χ2n) is 6.15. The summed E-state index contributed by atoms with van der Waals surface area (Å²) in [6.45, 7) is -0.00267. The lowest BCUT2D eigenvalue weighted by atomic mass is 10.2.